The molecule has 0 fully saturated rings. The van der Waals surface area contributed by atoms with Gasteiger partial charge in [0.1, 0.15) is 0 Å². The first kappa shape index (κ1) is 18.0. The van der Waals surface area contributed by atoms with E-state index < -0.39 is 43.6 Å². The van der Waals surface area contributed by atoms with Crippen molar-refractivity contribution in [3.63, 3.8) is 0 Å². The predicted octanol–water partition coefficient (Wildman–Crippen LogP) is 0.326. The summed E-state index contributed by atoms with van der Waals surface area (Å²) in [4.78, 5) is 20.4. The van der Waals surface area contributed by atoms with Crippen LogP contribution in [0.15, 0.2) is 17.0 Å². The first-order valence-corrected chi connectivity index (χ1v) is 7.58. The van der Waals surface area contributed by atoms with Gasteiger partial charge >= 0.3 is 5.97 Å². The van der Waals surface area contributed by atoms with Crippen molar-refractivity contribution in [3.05, 3.63) is 33.4 Å². The molecule has 10 heteroatoms. The Kier molecular flexibility index (Phi) is 4.90. The van der Waals surface area contributed by atoms with E-state index in [-0.39, 0.29) is 5.56 Å². The summed E-state index contributed by atoms with van der Waals surface area (Å²) in [7, 11) is -4.37. The van der Waals surface area contributed by atoms with Crippen LogP contribution < -0.4 is 4.72 Å². The highest BCUT2D eigenvalue weighted by Crippen LogP contribution is 2.29. The summed E-state index contributed by atoms with van der Waals surface area (Å²) in [6.45, 7) is 3.09. The fourth-order valence-electron chi connectivity index (χ4n) is 1.64. The quantitative estimate of drug-likeness (QED) is 0.502. The molecule has 1 rings (SSSR count). The zero-order valence-corrected chi connectivity index (χ0v) is 13.0. The number of carboxylic acid groups (broad SMARTS) is 1. The van der Waals surface area contributed by atoms with E-state index in [0.29, 0.717) is 5.56 Å². The van der Waals surface area contributed by atoms with Gasteiger partial charge in [0, 0.05) is 6.07 Å². The van der Waals surface area contributed by atoms with Gasteiger partial charge in [0.2, 0.25) is 10.0 Å². The Hall–Kier alpha value is -2.04. The van der Waals surface area contributed by atoms with Crippen LogP contribution in [0.4, 0.5) is 5.69 Å². The Morgan fingerprint density at radius 1 is 1.41 bits per heavy atom. The molecule has 22 heavy (non-hydrogen) atoms. The molecule has 0 heterocycles. The molecule has 0 aliphatic carbocycles. The van der Waals surface area contributed by atoms with Crippen LogP contribution in [-0.2, 0) is 14.8 Å². The summed E-state index contributed by atoms with van der Waals surface area (Å²) in [5.41, 5.74) is -2.25. The molecule has 0 radical (unpaired) electrons. The molecule has 0 saturated heterocycles. The molecule has 0 amide bonds. The number of nitrogens with zero attached hydrogens (tertiary/aromatic N) is 1. The van der Waals surface area contributed by atoms with Gasteiger partial charge in [-0.25, -0.2) is 17.9 Å². The second-order valence-electron chi connectivity index (χ2n) is 5.02. The van der Waals surface area contributed by atoms with Gasteiger partial charge in [0.15, 0.2) is 10.5 Å². The van der Waals surface area contributed by atoms with Gasteiger partial charge in [-0.2, -0.15) is 0 Å². The molecule has 0 aliphatic heterocycles. The van der Waals surface area contributed by atoms with Crippen molar-refractivity contribution in [3.8, 4) is 0 Å². The van der Waals surface area contributed by atoms with E-state index in [9.17, 15) is 28.4 Å². The lowest BCUT2D eigenvalue weighted by Gasteiger charge is -2.19. The molecular formula is C12H16N2O7S. The van der Waals surface area contributed by atoms with Gasteiger partial charge in [0.25, 0.3) is 5.69 Å². The van der Waals surface area contributed by atoms with Gasteiger partial charge in [-0.15, -0.1) is 0 Å². The van der Waals surface area contributed by atoms with E-state index >= 15 is 0 Å². The molecule has 0 saturated carbocycles. The monoisotopic (exact) mass is 332 g/mol. The number of aliphatic hydroxyl groups is 1. The van der Waals surface area contributed by atoms with E-state index in [1.54, 1.807) is 6.92 Å². The predicted molar refractivity (Wildman–Crippen MR) is 76.0 cm³/mol. The zero-order valence-electron chi connectivity index (χ0n) is 12.2. The summed E-state index contributed by atoms with van der Waals surface area (Å²) in [5.74, 6) is -1.62. The van der Waals surface area contributed by atoms with Crippen molar-refractivity contribution in [2.75, 3.05) is 6.54 Å². The van der Waals surface area contributed by atoms with Crippen LogP contribution in [0.25, 0.3) is 0 Å². The fraction of sp³-hybridized carbons (Fsp3) is 0.417. The van der Waals surface area contributed by atoms with E-state index in [4.69, 9.17) is 5.11 Å². The number of nitro benzene ring substituents is 1. The van der Waals surface area contributed by atoms with Crippen molar-refractivity contribution >= 4 is 21.7 Å². The summed E-state index contributed by atoms with van der Waals surface area (Å²) in [6, 6.07) is 2.48. The third-order valence-corrected chi connectivity index (χ3v) is 4.77. The van der Waals surface area contributed by atoms with Gasteiger partial charge in [-0.1, -0.05) is 6.07 Å². The first-order chi connectivity index (χ1) is 9.90. The van der Waals surface area contributed by atoms with Gasteiger partial charge in [0.05, 0.1) is 11.5 Å². The Labute approximate surface area is 126 Å². The first-order valence-electron chi connectivity index (χ1n) is 6.10. The number of nitro groups is 1. The van der Waals surface area contributed by atoms with Crippen LogP contribution in [0.2, 0.25) is 0 Å². The highest BCUT2D eigenvalue weighted by atomic mass is 32.2. The van der Waals surface area contributed by atoms with E-state index in [0.717, 1.165) is 13.0 Å². The molecule has 0 bridgehead atoms. The minimum atomic E-state index is -4.37. The Morgan fingerprint density at radius 3 is 2.41 bits per heavy atom. The Bertz CT molecular complexity index is 725. The van der Waals surface area contributed by atoms with Crippen LogP contribution in [0.3, 0.4) is 0 Å². The second-order valence-corrected chi connectivity index (χ2v) is 6.72. The largest absolute Gasteiger partial charge is 0.479 e. The molecule has 122 valence electrons. The van der Waals surface area contributed by atoms with Crippen molar-refractivity contribution in [1.82, 2.24) is 4.72 Å². The second kappa shape index (κ2) is 5.99. The summed E-state index contributed by atoms with van der Waals surface area (Å²) < 4.78 is 26.5. The lowest BCUT2D eigenvalue weighted by Crippen LogP contribution is -2.46. The van der Waals surface area contributed by atoms with Crippen molar-refractivity contribution < 1.29 is 28.3 Å². The van der Waals surface area contributed by atoms with Crippen LogP contribution in [0.5, 0.6) is 0 Å². The van der Waals surface area contributed by atoms with Crippen LogP contribution in [0.1, 0.15) is 18.1 Å². The van der Waals surface area contributed by atoms with E-state index in [2.05, 4.69) is 0 Å². The summed E-state index contributed by atoms with van der Waals surface area (Å²) in [6.07, 6.45) is 0. The number of rotatable bonds is 6. The fourth-order valence-corrected chi connectivity index (χ4v) is 3.24. The molecule has 1 aromatic rings. The standard InChI is InChI=1S/C12H16N2O7S/c1-7-4-5-9(14(18)19)10(8(7)2)22(20,21)13-6-12(3,17)11(15)16/h4-5,13,17H,6H2,1-3H3,(H,15,16). The highest BCUT2D eigenvalue weighted by molar-refractivity contribution is 7.89. The number of hydrogen-bond acceptors (Lipinski definition) is 6. The molecule has 1 unspecified atom stereocenters. The van der Waals surface area contributed by atoms with Crippen LogP contribution >= 0.6 is 0 Å². The maximum Gasteiger partial charge on any atom is 0.336 e. The van der Waals surface area contributed by atoms with Gasteiger partial charge in [-0.05, 0) is 31.9 Å². The van der Waals surface area contributed by atoms with E-state index in [1.165, 1.54) is 13.0 Å². The maximum atomic E-state index is 12.3. The summed E-state index contributed by atoms with van der Waals surface area (Å²) >= 11 is 0. The summed E-state index contributed by atoms with van der Waals surface area (Å²) in [5, 5.41) is 29.3. The number of aryl methyl sites for hydroxylation is 1. The van der Waals surface area contributed by atoms with Crippen LogP contribution in [0, 0.1) is 24.0 Å². The zero-order chi connectivity index (χ0) is 17.3. The molecule has 3 N–H and O–H groups in total. The van der Waals surface area contributed by atoms with Crippen molar-refractivity contribution in [1.29, 1.82) is 0 Å². The average molecular weight is 332 g/mol. The lowest BCUT2D eigenvalue weighted by molar-refractivity contribution is -0.387. The van der Waals surface area contributed by atoms with E-state index in [1.807, 2.05) is 4.72 Å². The molecular weight excluding hydrogens is 316 g/mol. The van der Waals surface area contributed by atoms with Crippen LogP contribution in [-0.4, -0.2) is 41.7 Å². The SMILES string of the molecule is Cc1ccc([N+](=O)[O-])c(S(=O)(=O)NCC(C)(O)C(=O)O)c1C. The average Bonchev–Trinajstić information content (AvgIpc) is 2.39. The van der Waals surface area contributed by atoms with Crippen molar-refractivity contribution in [2.24, 2.45) is 0 Å². The third-order valence-electron chi connectivity index (χ3n) is 3.19. The van der Waals surface area contributed by atoms with Gasteiger partial charge < -0.3 is 10.2 Å². The molecule has 9 nitrogen and oxygen atoms in total. The molecule has 1 atom stereocenters. The minimum absolute atomic E-state index is 0.177. The number of carboxylic acids is 1. The molecule has 0 aromatic heterocycles. The number of carbonyl (C=O) groups is 1. The topological polar surface area (TPSA) is 147 Å². The number of benzene rings is 1. The Balaban J connectivity index is 3.32. The maximum absolute atomic E-state index is 12.3. The smallest absolute Gasteiger partial charge is 0.336 e. The number of sulfonamides is 1. The highest BCUT2D eigenvalue weighted by Gasteiger charge is 2.34. The third kappa shape index (κ3) is 3.59. The van der Waals surface area contributed by atoms with Crippen molar-refractivity contribution in [2.45, 2.75) is 31.3 Å². The number of nitrogens with one attached hydrogen (secondary N) is 1. The normalized spacial score (nSPS) is 14.4. The van der Waals surface area contributed by atoms with Gasteiger partial charge in [-0.3, -0.25) is 10.1 Å². The Morgan fingerprint density at radius 2 is 1.95 bits per heavy atom. The number of hydrogen-bond donors (Lipinski definition) is 3. The lowest BCUT2D eigenvalue weighted by atomic mass is 10.1. The molecule has 0 aliphatic rings. The molecule has 0 spiro atoms. The number of aliphatic carboxylic acids is 1. The molecule has 1 aromatic carbocycles. The minimum Gasteiger partial charge on any atom is -0.479 e.